The van der Waals surface area contributed by atoms with E-state index < -0.39 is 12.0 Å². The Morgan fingerprint density at radius 3 is 2.35 bits per heavy atom. The van der Waals surface area contributed by atoms with E-state index >= 15 is 0 Å². The van der Waals surface area contributed by atoms with Crippen LogP contribution in [0.2, 0.25) is 5.02 Å². The SMILES string of the molecule is O=C(c1ccccc1)c1ccccc1NC(Cc1ccc(OCCN(CC2CCCC2)c2cccc(Cl)c2)cc1)C(=O)O. The van der Waals surface area contributed by atoms with Gasteiger partial charge in [0.25, 0.3) is 0 Å². The van der Waals surface area contributed by atoms with Crippen molar-refractivity contribution in [3.63, 3.8) is 0 Å². The van der Waals surface area contributed by atoms with Crippen molar-refractivity contribution < 1.29 is 19.4 Å². The van der Waals surface area contributed by atoms with E-state index in [2.05, 4.69) is 16.3 Å². The highest BCUT2D eigenvalue weighted by atomic mass is 35.5. The van der Waals surface area contributed by atoms with Crippen molar-refractivity contribution >= 4 is 34.7 Å². The number of ketones is 1. The lowest BCUT2D eigenvalue weighted by Gasteiger charge is -2.28. The van der Waals surface area contributed by atoms with Crippen LogP contribution in [0.15, 0.2) is 103 Å². The van der Waals surface area contributed by atoms with Gasteiger partial charge in [0.2, 0.25) is 0 Å². The Morgan fingerprint density at radius 2 is 1.63 bits per heavy atom. The fraction of sp³-hybridized carbons (Fsp3) is 0.278. The molecule has 0 heterocycles. The number of hydrogen-bond donors (Lipinski definition) is 2. The molecule has 0 amide bonds. The van der Waals surface area contributed by atoms with Crippen LogP contribution in [0.1, 0.15) is 47.2 Å². The van der Waals surface area contributed by atoms with Gasteiger partial charge in [-0.2, -0.15) is 0 Å². The molecule has 0 spiro atoms. The zero-order chi connectivity index (χ0) is 30.0. The normalized spacial score (nSPS) is 13.8. The lowest BCUT2D eigenvalue weighted by molar-refractivity contribution is -0.137. The first-order valence-electron chi connectivity index (χ1n) is 14.9. The molecule has 2 N–H and O–H groups in total. The van der Waals surface area contributed by atoms with Gasteiger partial charge in [0.05, 0.1) is 6.54 Å². The second-order valence-electron chi connectivity index (χ2n) is 11.0. The minimum atomic E-state index is -0.995. The monoisotopic (exact) mass is 596 g/mol. The molecule has 43 heavy (non-hydrogen) atoms. The van der Waals surface area contributed by atoms with Gasteiger partial charge in [0.15, 0.2) is 5.78 Å². The van der Waals surface area contributed by atoms with Gasteiger partial charge in [-0.1, -0.05) is 85.1 Å². The number of nitrogens with one attached hydrogen (secondary N) is 1. The molecule has 0 radical (unpaired) electrons. The van der Waals surface area contributed by atoms with Crippen LogP contribution in [-0.4, -0.2) is 42.6 Å². The summed E-state index contributed by atoms with van der Waals surface area (Å²) in [6.45, 7) is 2.25. The maximum atomic E-state index is 13.1. The highest BCUT2D eigenvalue weighted by Crippen LogP contribution is 2.28. The predicted octanol–water partition coefficient (Wildman–Crippen LogP) is 7.75. The number of ether oxygens (including phenoxy) is 1. The smallest absolute Gasteiger partial charge is 0.326 e. The molecule has 1 aliphatic carbocycles. The van der Waals surface area contributed by atoms with Crippen LogP contribution in [0.4, 0.5) is 11.4 Å². The van der Waals surface area contributed by atoms with Crippen LogP contribution in [0.3, 0.4) is 0 Å². The Kier molecular flexibility index (Phi) is 10.3. The number of aliphatic carboxylic acids is 1. The van der Waals surface area contributed by atoms with Gasteiger partial charge in [-0.25, -0.2) is 4.79 Å². The number of rotatable bonds is 14. The summed E-state index contributed by atoms with van der Waals surface area (Å²) in [6.07, 6.45) is 5.37. The molecule has 0 aromatic heterocycles. The van der Waals surface area contributed by atoms with Crippen LogP contribution in [0, 0.1) is 5.92 Å². The summed E-state index contributed by atoms with van der Waals surface area (Å²) in [7, 11) is 0. The Hall–Kier alpha value is -4.29. The molecule has 1 fully saturated rings. The van der Waals surface area contributed by atoms with Crippen LogP contribution in [-0.2, 0) is 11.2 Å². The van der Waals surface area contributed by atoms with E-state index in [1.807, 2.05) is 60.7 Å². The van der Waals surface area contributed by atoms with Gasteiger partial charge < -0.3 is 20.1 Å². The molecule has 222 valence electrons. The third kappa shape index (κ3) is 8.39. The first-order valence-corrected chi connectivity index (χ1v) is 15.2. The lowest BCUT2D eigenvalue weighted by atomic mass is 10.00. The van der Waals surface area contributed by atoms with E-state index in [1.165, 1.54) is 25.7 Å². The van der Waals surface area contributed by atoms with Gasteiger partial charge in [0, 0.05) is 40.5 Å². The molecule has 1 unspecified atom stereocenters. The quantitative estimate of drug-likeness (QED) is 0.145. The van der Waals surface area contributed by atoms with E-state index in [-0.39, 0.29) is 12.2 Å². The molecule has 1 saturated carbocycles. The number of carboxylic acid groups (broad SMARTS) is 1. The van der Waals surface area contributed by atoms with Crippen molar-refractivity contribution in [3.05, 3.63) is 125 Å². The number of carbonyl (C=O) groups excluding carboxylic acids is 1. The number of carbonyl (C=O) groups is 2. The predicted molar refractivity (Wildman–Crippen MR) is 173 cm³/mol. The minimum Gasteiger partial charge on any atom is -0.492 e. The molecular formula is C36H37ClN2O4. The molecule has 1 atom stereocenters. The summed E-state index contributed by atoms with van der Waals surface area (Å²) in [5.74, 6) is 0.268. The number of nitrogens with zero attached hydrogens (tertiary/aromatic N) is 1. The van der Waals surface area contributed by atoms with E-state index in [1.54, 1.807) is 36.4 Å². The van der Waals surface area contributed by atoms with Crippen LogP contribution < -0.4 is 15.0 Å². The second-order valence-corrected chi connectivity index (χ2v) is 11.5. The van der Waals surface area contributed by atoms with Crippen molar-refractivity contribution in [2.45, 2.75) is 38.1 Å². The first kappa shape index (κ1) is 30.2. The molecule has 0 saturated heterocycles. The molecule has 7 heteroatoms. The fourth-order valence-corrected chi connectivity index (χ4v) is 5.86. The standard InChI is InChI=1S/C36H37ClN2O4/c37-29-13-8-14-30(24-29)39(25-27-9-4-5-10-27)21-22-43-31-19-17-26(18-20-31)23-34(36(41)42)38-33-16-7-6-15-32(33)35(40)28-11-2-1-3-12-28/h1-3,6-8,11-20,24,27,34,38H,4-5,9-10,21-23,25H2,(H,41,42). The highest BCUT2D eigenvalue weighted by Gasteiger charge is 2.22. The zero-order valence-electron chi connectivity index (χ0n) is 24.1. The Morgan fingerprint density at radius 1 is 0.907 bits per heavy atom. The van der Waals surface area contributed by atoms with E-state index in [4.69, 9.17) is 16.3 Å². The number of benzene rings is 4. The van der Waals surface area contributed by atoms with Crippen molar-refractivity contribution in [2.75, 3.05) is 29.9 Å². The average molecular weight is 597 g/mol. The largest absolute Gasteiger partial charge is 0.492 e. The molecule has 5 rings (SSSR count). The Balaban J connectivity index is 1.19. The number of halogens is 1. The van der Waals surface area contributed by atoms with Gasteiger partial charge in [-0.05, 0) is 66.8 Å². The van der Waals surface area contributed by atoms with Crippen LogP contribution in [0.5, 0.6) is 5.75 Å². The maximum Gasteiger partial charge on any atom is 0.326 e. The molecule has 6 nitrogen and oxygen atoms in total. The van der Waals surface area contributed by atoms with Crippen molar-refractivity contribution in [1.82, 2.24) is 0 Å². The van der Waals surface area contributed by atoms with Gasteiger partial charge in [-0.3, -0.25) is 4.79 Å². The number of carboxylic acids is 1. The Bertz CT molecular complexity index is 1500. The van der Waals surface area contributed by atoms with E-state index in [9.17, 15) is 14.7 Å². The van der Waals surface area contributed by atoms with Crippen LogP contribution >= 0.6 is 11.6 Å². The molecule has 4 aromatic rings. The number of hydrogen-bond acceptors (Lipinski definition) is 5. The third-order valence-corrected chi connectivity index (χ3v) is 8.19. The third-order valence-electron chi connectivity index (χ3n) is 7.96. The number of para-hydroxylation sites is 1. The van der Waals surface area contributed by atoms with E-state index in [0.29, 0.717) is 29.3 Å². The Labute approximate surface area is 258 Å². The molecule has 4 aromatic carbocycles. The molecule has 0 bridgehead atoms. The number of anilines is 2. The topological polar surface area (TPSA) is 78.9 Å². The van der Waals surface area contributed by atoms with Crippen molar-refractivity contribution in [3.8, 4) is 5.75 Å². The fourth-order valence-electron chi connectivity index (χ4n) is 5.67. The highest BCUT2D eigenvalue weighted by molar-refractivity contribution is 6.30. The second kappa shape index (κ2) is 14.7. The summed E-state index contributed by atoms with van der Waals surface area (Å²) < 4.78 is 6.10. The summed E-state index contributed by atoms with van der Waals surface area (Å²) >= 11 is 6.28. The molecule has 0 aliphatic heterocycles. The average Bonchev–Trinajstić information content (AvgIpc) is 3.55. The van der Waals surface area contributed by atoms with Gasteiger partial charge in [-0.15, -0.1) is 0 Å². The summed E-state index contributed by atoms with van der Waals surface area (Å²) in [6, 6.07) is 30.6. The van der Waals surface area contributed by atoms with Crippen LogP contribution in [0.25, 0.3) is 0 Å². The van der Waals surface area contributed by atoms with Crippen molar-refractivity contribution in [2.24, 2.45) is 5.92 Å². The summed E-state index contributed by atoms with van der Waals surface area (Å²) in [5, 5.41) is 13.8. The van der Waals surface area contributed by atoms with Gasteiger partial charge >= 0.3 is 5.97 Å². The molecule has 1 aliphatic rings. The zero-order valence-corrected chi connectivity index (χ0v) is 24.9. The first-order chi connectivity index (χ1) is 21.0. The minimum absolute atomic E-state index is 0.161. The summed E-state index contributed by atoms with van der Waals surface area (Å²) in [5.41, 5.74) is 3.43. The summed E-state index contributed by atoms with van der Waals surface area (Å²) in [4.78, 5) is 27.7. The van der Waals surface area contributed by atoms with E-state index in [0.717, 1.165) is 35.1 Å². The molecular weight excluding hydrogens is 560 g/mol. The van der Waals surface area contributed by atoms with Crippen molar-refractivity contribution in [1.29, 1.82) is 0 Å². The van der Waals surface area contributed by atoms with Gasteiger partial charge in [0.1, 0.15) is 18.4 Å². The lowest BCUT2D eigenvalue weighted by Crippen LogP contribution is -2.32. The maximum absolute atomic E-state index is 13.1.